The van der Waals surface area contributed by atoms with Gasteiger partial charge in [-0.05, 0) is 32.8 Å². The van der Waals surface area contributed by atoms with Gasteiger partial charge in [-0.2, -0.15) is 0 Å². The van der Waals surface area contributed by atoms with Crippen molar-refractivity contribution < 1.29 is 32.5 Å². The van der Waals surface area contributed by atoms with E-state index in [1.807, 2.05) is 13.8 Å². The third-order valence-electron chi connectivity index (χ3n) is 7.17. The van der Waals surface area contributed by atoms with E-state index in [1.54, 1.807) is 19.1 Å². The highest BCUT2D eigenvalue weighted by Gasteiger charge is 2.54. The molecule has 10 nitrogen and oxygen atoms in total. The highest BCUT2D eigenvalue weighted by atomic mass is 31.2. The number of pyridine rings is 1. The highest BCUT2D eigenvalue weighted by molar-refractivity contribution is 7.48. The molecule has 2 N–H and O–H groups in total. The largest absolute Gasteiger partial charge is 0.502 e. The SMILES string of the molecule is CCOP(OCC)C1CCC2(C1)N(C)C(=O)c1c(O)c(=O)c(C(=O)NCc3ccc(F)cc3F)cn1N2C. The number of carbonyl (C=O) groups is 2. The molecule has 1 aromatic heterocycles. The molecule has 0 saturated heterocycles. The Kier molecular flexibility index (Phi) is 8.06. The molecule has 2 amide bonds. The summed E-state index contributed by atoms with van der Waals surface area (Å²) in [5.74, 6) is -3.90. The van der Waals surface area contributed by atoms with Crippen LogP contribution in [0.3, 0.4) is 0 Å². The van der Waals surface area contributed by atoms with Gasteiger partial charge in [0.15, 0.2) is 19.8 Å². The Morgan fingerprint density at radius 3 is 2.53 bits per heavy atom. The zero-order valence-electron chi connectivity index (χ0n) is 21.7. The zero-order valence-corrected chi connectivity index (χ0v) is 22.6. The van der Waals surface area contributed by atoms with Crippen molar-refractivity contribution in [2.45, 2.75) is 51.0 Å². The van der Waals surface area contributed by atoms with Crippen LogP contribution in [-0.2, 0) is 15.6 Å². The fourth-order valence-corrected chi connectivity index (χ4v) is 6.93. The summed E-state index contributed by atoms with van der Waals surface area (Å²) in [5.41, 5.74) is -2.45. The Balaban J connectivity index is 1.66. The molecule has 1 aromatic carbocycles. The average molecular weight is 553 g/mol. The van der Waals surface area contributed by atoms with E-state index in [0.717, 1.165) is 12.5 Å². The van der Waals surface area contributed by atoms with Gasteiger partial charge < -0.3 is 24.4 Å². The first kappa shape index (κ1) is 27.9. The van der Waals surface area contributed by atoms with Crippen molar-refractivity contribution in [3.05, 3.63) is 63.1 Å². The molecular weight excluding hydrogens is 521 g/mol. The van der Waals surface area contributed by atoms with Crippen molar-refractivity contribution in [3.63, 3.8) is 0 Å². The van der Waals surface area contributed by atoms with E-state index in [9.17, 15) is 28.3 Å². The zero-order chi connectivity index (χ0) is 27.8. The minimum Gasteiger partial charge on any atom is -0.502 e. The normalized spacial score (nSPS) is 20.9. The molecule has 0 bridgehead atoms. The summed E-state index contributed by atoms with van der Waals surface area (Å²) in [7, 11) is 2.16. The van der Waals surface area contributed by atoms with Crippen molar-refractivity contribution >= 4 is 20.2 Å². The molecule has 1 aliphatic heterocycles. The number of nitrogens with one attached hydrogen (secondary N) is 1. The first-order valence-electron chi connectivity index (χ1n) is 12.3. The smallest absolute Gasteiger partial charge is 0.278 e. The Bertz CT molecular complexity index is 1300. The van der Waals surface area contributed by atoms with Crippen LogP contribution in [0.2, 0.25) is 0 Å². The number of fused-ring (bicyclic) bond motifs is 1. The van der Waals surface area contributed by atoms with E-state index >= 15 is 0 Å². The lowest BCUT2D eigenvalue weighted by Crippen LogP contribution is -2.67. The molecule has 1 aliphatic carbocycles. The lowest BCUT2D eigenvalue weighted by atomic mass is 10.0. The Labute approximate surface area is 220 Å². The first-order valence-corrected chi connectivity index (χ1v) is 13.6. The van der Waals surface area contributed by atoms with Crippen molar-refractivity contribution in [1.82, 2.24) is 14.9 Å². The van der Waals surface area contributed by atoms with Gasteiger partial charge >= 0.3 is 0 Å². The molecule has 2 unspecified atom stereocenters. The van der Waals surface area contributed by atoms with Crippen LogP contribution in [0, 0.1) is 11.6 Å². The lowest BCUT2D eigenvalue weighted by molar-refractivity contribution is 0.0403. The monoisotopic (exact) mass is 552 g/mol. The number of nitrogens with zero attached hydrogens (tertiary/aromatic N) is 3. The fourth-order valence-electron chi connectivity index (χ4n) is 5.15. The number of rotatable bonds is 8. The molecule has 13 heteroatoms. The van der Waals surface area contributed by atoms with Gasteiger partial charge in [0.25, 0.3) is 11.8 Å². The van der Waals surface area contributed by atoms with Crippen LogP contribution < -0.4 is 15.8 Å². The van der Waals surface area contributed by atoms with Crippen LogP contribution in [-0.4, -0.2) is 65.1 Å². The number of aromatic nitrogens is 1. The summed E-state index contributed by atoms with van der Waals surface area (Å²) >= 11 is 0. The van der Waals surface area contributed by atoms with Crippen LogP contribution >= 0.6 is 8.38 Å². The van der Waals surface area contributed by atoms with Crippen LogP contribution in [0.15, 0.2) is 29.2 Å². The van der Waals surface area contributed by atoms with E-state index in [0.29, 0.717) is 32.1 Å². The number of aromatic hydroxyl groups is 1. The van der Waals surface area contributed by atoms with Crippen molar-refractivity contribution in [3.8, 4) is 5.75 Å². The summed E-state index contributed by atoms with van der Waals surface area (Å²) < 4.78 is 40.2. The molecule has 2 aromatic rings. The van der Waals surface area contributed by atoms with Crippen molar-refractivity contribution in [1.29, 1.82) is 0 Å². The number of carbonyl (C=O) groups excluding carboxylic acids is 2. The number of halogens is 2. The van der Waals surface area contributed by atoms with Gasteiger partial charge in [-0.15, -0.1) is 0 Å². The quantitative estimate of drug-likeness (QED) is 0.484. The van der Waals surface area contributed by atoms with Gasteiger partial charge in [0, 0.05) is 50.5 Å². The van der Waals surface area contributed by atoms with Gasteiger partial charge in [0.05, 0.1) is 13.2 Å². The first-order chi connectivity index (χ1) is 18.0. The molecule has 206 valence electrons. The number of amides is 2. The minimum atomic E-state index is -1.18. The van der Waals surface area contributed by atoms with Gasteiger partial charge in [-0.25, -0.2) is 8.78 Å². The molecule has 1 saturated carbocycles. The van der Waals surface area contributed by atoms with Gasteiger partial charge in [-0.3, -0.25) is 24.1 Å². The average Bonchev–Trinajstić information content (AvgIpc) is 3.33. The third kappa shape index (κ3) is 4.76. The van der Waals surface area contributed by atoms with Crippen LogP contribution in [0.25, 0.3) is 0 Å². The molecule has 0 radical (unpaired) electrons. The second-order valence-corrected chi connectivity index (χ2v) is 11.0. The molecule has 38 heavy (non-hydrogen) atoms. The standard InChI is InChI=1S/C25H31F2N4O6P/c1-5-36-38(37-6-2)17-9-10-25(12-17)29(3)24(35)20-22(33)21(32)18(14-31(20)30(25)4)23(34)28-13-15-7-8-16(26)11-19(15)27/h7-8,11,14,17,33H,5-6,9-10,12-13H2,1-4H3,(H,28,34). The van der Waals surface area contributed by atoms with E-state index in [-0.39, 0.29) is 23.5 Å². The predicted molar refractivity (Wildman–Crippen MR) is 137 cm³/mol. The fraction of sp³-hybridized carbons (Fsp3) is 0.480. The second-order valence-electron chi connectivity index (χ2n) is 9.22. The van der Waals surface area contributed by atoms with Gasteiger partial charge in [-0.1, -0.05) is 6.07 Å². The van der Waals surface area contributed by atoms with Gasteiger partial charge in [0.2, 0.25) is 5.43 Å². The summed E-state index contributed by atoms with van der Waals surface area (Å²) in [6, 6.07) is 2.93. The summed E-state index contributed by atoms with van der Waals surface area (Å²) in [6.45, 7) is 4.48. The summed E-state index contributed by atoms with van der Waals surface area (Å²) in [6.07, 6.45) is 3.04. The lowest BCUT2D eigenvalue weighted by Gasteiger charge is -2.51. The Hall–Kier alpha value is -3.08. The third-order valence-corrected chi connectivity index (χ3v) is 9.23. The number of benzene rings is 1. The maximum absolute atomic E-state index is 14.0. The summed E-state index contributed by atoms with van der Waals surface area (Å²) in [5, 5.41) is 14.9. The summed E-state index contributed by atoms with van der Waals surface area (Å²) in [4.78, 5) is 40.8. The molecule has 1 spiro atoms. The van der Waals surface area contributed by atoms with E-state index in [2.05, 4.69) is 5.32 Å². The molecular formula is C25H31F2N4O6P. The molecule has 2 aliphatic rings. The Morgan fingerprint density at radius 1 is 1.21 bits per heavy atom. The molecule has 2 heterocycles. The van der Waals surface area contributed by atoms with E-state index in [4.69, 9.17) is 9.05 Å². The van der Waals surface area contributed by atoms with Crippen LogP contribution in [0.4, 0.5) is 8.78 Å². The van der Waals surface area contributed by atoms with Crippen molar-refractivity contribution in [2.75, 3.05) is 32.3 Å². The molecule has 2 atom stereocenters. The Morgan fingerprint density at radius 2 is 1.89 bits per heavy atom. The maximum atomic E-state index is 14.0. The predicted octanol–water partition coefficient (Wildman–Crippen LogP) is 3.05. The van der Waals surface area contributed by atoms with E-state index < -0.39 is 54.2 Å². The topological polar surface area (TPSA) is 113 Å². The second kappa shape index (κ2) is 11.0. The number of hydrogen-bond acceptors (Lipinski definition) is 7. The number of hydrogen-bond donors (Lipinski definition) is 2. The highest BCUT2D eigenvalue weighted by Crippen LogP contribution is 2.55. The maximum Gasteiger partial charge on any atom is 0.278 e. The minimum absolute atomic E-state index is 0.0204. The van der Waals surface area contributed by atoms with E-state index in [1.165, 1.54) is 21.8 Å². The van der Waals surface area contributed by atoms with Gasteiger partial charge in [0.1, 0.15) is 22.9 Å². The van der Waals surface area contributed by atoms with Crippen LogP contribution in [0.1, 0.15) is 59.5 Å². The van der Waals surface area contributed by atoms with Crippen LogP contribution in [0.5, 0.6) is 5.75 Å². The molecule has 4 rings (SSSR count). The van der Waals surface area contributed by atoms with Crippen molar-refractivity contribution in [2.24, 2.45) is 0 Å². The molecule has 1 fully saturated rings.